The lowest BCUT2D eigenvalue weighted by Crippen LogP contribution is -2.41. The highest BCUT2D eigenvalue weighted by Gasteiger charge is 2.35. The van der Waals surface area contributed by atoms with E-state index >= 15 is 0 Å². The molecule has 0 aromatic carbocycles. The molecule has 0 saturated carbocycles. The third-order valence-corrected chi connectivity index (χ3v) is 7.69. The minimum absolute atomic E-state index is 0.0233. The number of carbonyl (C=O) groups excluding carboxylic acids is 1. The summed E-state index contributed by atoms with van der Waals surface area (Å²) in [6.45, 7) is 12.1. The molecule has 32 heavy (non-hydrogen) atoms. The van der Waals surface area contributed by atoms with Gasteiger partial charge in [-0.25, -0.2) is 4.98 Å². The SMILES string of the molecule is CC[C@@H](C)N1C(=O)/C(=C\c2c(N3C[C@@H](C)C[C@H](C)C3)nc3c(C)cccn3c2=O)SC1=S. The Labute approximate surface area is 198 Å². The summed E-state index contributed by atoms with van der Waals surface area (Å²) >= 11 is 6.76. The van der Waals surface area contributed by atoms with Gasteiger partial charge in [-0.15, -0.1) is 0 Å². The van der Waals surface area contributed by atoms with Crippen LogP contribution in [0.25, 0.3) is 11.7 Å². The average molecular weight is 471 g/mol. The number of fused-ring (bicyclic) bond motifs is 1. The van der Waals surface area contributed by atoms with E-state index < -0.39 is 0 Å². The molecule has 0 N–H and O–H groups in total. The molecule has 2 aliphatic rings. The third kappa shape index (κ3) is 4.10. The van der Waals surface area contributed by atoms with E-state index in [1.165, 1.54) is 11.8 Å². The zero-order valence-corrected chi connectivity index (χ0v) is 20.9. The average Bonchev–Trinajstić information content (AvgIpc) is 3.02. The molecule has 4 heterocycles. The van der Waals surface area contributed by atoms with Crippen LogP contribution in [0.2, 0.25) is 0 Å². The number of aryl methyl sites for hydroxylation is 1. The molecule has 2 aromatic rings. The fourth-order valence-corrected chi connectivity index (χ4v) is 6.12. The number of pyridine rings is 1. The van der Waals surface area contributed by atoms with E-state index in [0.29, 0.717) is 38.1 Å². The van der Waals surface area contributed by atoms with E-state index in [9.17, 15) is 9.59 Å². The first-order valence-corrected chi connectivity index (χ1v) is 12.5. The van der Waals surface area contributed by atoms with E-state index in [1.807, 2.05) is 32.9 Å². The first-order chi connectivity index (χ1) is 15.2. The van der Waals surface area contributed by atoms with Crippen molar-refractivity contribution in [2.45, 2.75) is 53.5 Å². The van der Waals surface area contributed by atoms with Gasteiger partial charge in [-0.3, -0.25) is 18.9 Å². The van der Waals surface area contributed by atoms with Crippen LogP contribution >= 0.6 is 24.0 Å². The predicted molar refractivity (Wildman–Crippen MR) is 136 cm³/mol. The monoisotopic (exact) mass is 470 g/mol. The summed E-state index contributed by atoms with van der Waals surface area (Å²) in [7, 11) is 0. The molecule has 2 saturated heterocycles. The van der Waals surface area contributed by atoms with Crippen molar-refractivity contribution in [3.05, 3.63) is 44.7 Å². The summed E-state index contributed by atoms with van der Waals surface area (Å²) in [6.07, 6.45) is 5.43. The van der Waals surface area contributed by atoms with Gasteiger partial charge >= 0.3 is 0 Å². The number of carbonyl (C=O) groups is 1. The zero-order valence-electron chi connectivity index (χ0n) is 19.3. The number of thiocarbonyl (C=S) groups is 1. The van der Waals surface area contributed by atoms with Crippen LogP contribution in [0.1, 0.15) is 51.7 Å². The normalized spacial score (nSPS) is 24.1. The molecule has 0 bridgehead atoms. The fourth-order valence-electron chi connectivity index (χ4n) is 4.68. The molecule has 170 valence electrons. The van der Waals surface area contributed by atoms with E-state index in [0.717, 1.165) is 31.5 Å². The highest BCUT2D eigenvalue weighted by atomic mass is 32.2. The van der Waals surface area contributed by atoms with Gasteiger partial charge in [0.2, 0.25) is 0 Å². The van der Waals surface area contributed by atoms with Gasteiger partial charge in [-0.1, -0.05) is 50.8 Å². The van der Waals surface area contributed by atoms with Crippen LogP contribution < -0.4 is 10.5 Å². The zero-order chi connectivity index (χ0) is 23.2. The Balaban J connectivity index is 1.89. The van der Waals surface area contributed by atoms with Gasteiger partial charge in [-0.05, 0) is 56.2 Å². The molecule has 8 heteroatoms. The molecule has 6 nitrogen and oxygen atoms in total. The molecule has 1 amide bonds. The Hall–Kier alpha value is -2.19. The second kappa shape index (κ2) is 8.98. The number of anilines is 1. The number of rotatable bonds is 4. The highest BCUT2D eigenvalue weighted by Crippen LogP contribution is 2.36. The van der Waals surface area contributed by atoms with Gasteiger partial charge in [0.15, 0.2) is 0 Å². The van der Waals surface area contributed by atoms with Crippen molar-refractivity contribution in [2.24, 2.45) is 11.8 Å². The summed E-state index contributed by atoms with van der Waals surface area (Å²) in [5.41, 5.74) is 1.90. The maximum atomic E-state index is 13.6. The Morgan fingerprint density at radius 2 is 1.97 bits per heavy atom. The van der Waals surface area contributed by atoms with Crippen molar-refractivity contribution >= 4 is 51.7 Å². The van der Waals surface area contributed by atoms with Crippen LogP contribution in [-0.2, 0) is 4.79 Å². The summed E-state index contributed by atoms with van der Waals surface area (Å²) < 4.78 is 2.12. The van der Waals surface area contributed by atoms with Gasteiger partial charge < -0.3 is 4.90 Å². The van der Waals surface area contributed by atoms with Gasteiger partial charge in [0.25, 0.3) is 11.5 Å². The maximum Gasteiger partial charge on any atom is 0.267 e. The van der Waals surface area contributed by atoms with Crippen LogP contribution in [0, 0.1) is 18.8 Å². The lowest BCUT2D eigenvalue weighted by molar-refractivity contribution is -0.123. The minimum Gasteiger partial charge on any atom is -0.355 e. The smallest absolute Gasteiger partial charge is 0.267 e. The predicted octanol–water partition coefficient (Wildman–Crippen LogP) is 4.48. The summed E-state index contributed by atoms with van der Waals surface area (Å²) in [5, 5.41) is 0. The van der Waals surface area contributed by atoms with Crippen LogP contribution in [0.5, 0.6) is 0 Å². The molecule has 0 radical (unpaired) electrons. The van der Waals surface area contributed by atoms with Crippen molar-refractivity contribution in [2.75, 3.05) is 18.0 Å². The van der Waals surface area contributed by atoms with Gasteiger partial charge in [0, 0.05) is 25.3 Å². The molecule has 0 unspecified atom stereocenters. The quantitative estimate of drug-likeness (QED) is 0.485. The number of aromatic nitrogens is 2. The van der Waals surface area contributed by atoms with E-state index in [2.05, 4.69) is 18.7 Å². The second-order valence-electron chi connectivity index (χ2n) is 9.20. The molecule has 3 atom stereocenters. The highest BCUT2D eigenvalue weighted by molar-refractivity contribution is 8.26. The van der Waals surface area contributed by atoms with Crippen LogP contribution in [0.4, 0.5) is 5.82 Å². The maximum absolute atomic E-state index is 13.6. The third-order valence-electron chi connectivity index (χ3n) is 6.36. The largest absolute Gasteiger partial charge is 0.355 e. The van der Waals surface area contributed by atoms with E-state index in [1.54, 1.807) is 21.6 Å². The number of amides is 1. The Morgan fingerprint density at radius 1 is 1.28 bits per heavy atom. The van der Waals surface area contributed by atoms with Gasteiger partial charge in [0.1, 0.15) is 15.8 Å². The van der Waals surface area contributed by atoms with Crippen LogP contribution in [-0.4, -0.2) is 43.6 Å². The molecule has 2 fully saturated rings. The summed E-state index contributed by atoms with van der Waals surface area (Å²) in [5.74, 6) is 1.55. The Morgan fingerprint density at radius 3 is 2.62 bits per heavy atom. The first kappa shape index (κ1) is 23.0. The van der Waals surface area contributed by atoms with Gasteiger partial charge in [0.05, 0.1) is 10.5 Å². The van der Waals surface area contributed by atoms with Crippen molar-refractivity contribution < 1.29 is 4.79 Å². The summed E-state index contributed by atoms with van der Waals surface area (Å²) in [6, 6.07) is 3.84. The Kier molecular flexibility index (Phi) is 6.45. The van der Waals surface area contributed by atoms with Crippen LogP contribution in [0.15, 0.2) is 28.0 Å². The lowest BCUT2D eigenvalue weighted by atomic mass is 9.91. The van der Waals surface area contributed by atoms with Crippen LogP contribution in [0.3, 0.4) is 0 Å². The second-order valence-corrected chi connectivity index (χ2v) is 10.9. The molecule has 4 rings (SSSR count). The molecular weight excluding hydrogens is 440 g/mol. The molecule has 0 aliphatic carbocycles. The number of hydrogen-bond acceptors (Lipinski definition) is 6. The summed E-state index contributed by atoms with van der Waals surface area (Å²) in [4.78, 5) is 36.1. The topological polar surface area (TPSA) is 57.9 Å². The lowest BCUT2D eigenvalue weighted by Gasteiger charge is -2.36. The van der Waals surface area contributed by atoms with Crippen molar-refractivity contribution in [1.82, 2.24) is 14.3 Å². The number of piperidine rings is 1. The molecular formula is C24H30N4O2S2. The van der Waals surface area contributed by atoms with Crippen molar-refractivity contribution in [1.29, 1.82) is 0 Å². The van der Waals surface area contributed by atoms with E-state index in [-0.39, 0.29) is 17.5 Å². The number of nitrogens with zero attached hydrogens (tertiary/aromatic N) is 4. The fraction of sp³-hybridized carbons (Fsp3) is 0.500. The molecule has 2 aromatic heterocycles. The van der Waals surface area contributed by atoms with Crippen molar-refractivity contribution in [3.63, 3.8) is 0 Å². The van der Waals surface area contributed by atoms with Gasteiger partial charge in [-0.2, -0.15) is 0 Å². The first-order valence-electron chi connectivity index (χ1n) is 11.2. The number of hydrogen-bond donors (Lipinski definition) is 0. The number of thioether (sulfide) groups is 1. The molecule has 0 spiro atoms. The minimum atomic E-state index is -0.159. The van der Waals surface area contributed by atoms with E-state index in [4.69, 9.17) is 17.2 Å². The Bertz CT molecular complexity index is 1160. The standard InChI is InChI=1S/C24H30N4O2S2/c1-6-17(5)28-23(30)19(32-24(28)31)11-18-21(26-12-14(2)10-15(3)13-26)25-20-16(4)8-7-9-27(20)22(18)29/h7-9,11,14-15,17H,6,10,12-13H2,1-5H3/b19-11+/t14-,15-,17+/m0/s1. The molecule has 2 aliphatic heterocycles. The van der Waals surface area contributed by atoms with Crippen molar-refractivity contribution in [3.8, 4) is 0 Å².